The van der Waals surface area contributed by atoms with Gasteiger partial charge in [0.05, 0.1) is 10.9 Å². The van der Waals surface area contributed by atoms with Crippen LogP contribution in [0.4, 0.5) is 5.69 Å². The first-order valence-corrected chi connectivity index (χ1v) is 4.15. The summed E-state index contributed by atoms with van der Waals surface area (Å²) in [5.74, 6) is -1.26. The Bertz CT molecular complexity index is 425. The molecule has 1 aromatic rings. The standard InChI is InChI=1S/C10H9NO4.Na/c1-7(10(12)13)6-8-2-4-9(5-3-8)11(14)15;/h2-6H,1H3,(H,12,13);/q;+1/p-1/b7-6+;. The molecule has 0 saturated heterocycles. The first-order valence-electron chi connectivity index (χ1n) is 4.15. The summed E-state index contributed by atoms with van der Waals surface area (Å²) in [6, 6.07) is 5.58. The molecule has 0 aliphatic heterocycles. The Morgan fingerprint density at radius 1 is 1.31 bits per heavy atom. The van der Waals surface area contributed by atoms with E-state index in [4.69, 9.17) is 0 Å². The molecule has 0 bridgehead atoms. The van der Waals surface area contributed by atoms with Crippen LogP contribution in [0.3, 0.4) is 0 Å². The molecule has 0 unspecified atom stereocenters. The van der Waals surface area contributed by atoms with Gasteiger partial charge in [0.15, 0.2) is 0 Å². The van der Waals surface area contributed by atoms with Gasteiger partial charge in [-0.15, -0.1) is 0 Å². The van der Waals surface area contributed by atoms with E-state index >= 15 is 0 Å². The molecule has 0 aliphatic carbocycles. The predicted molar refractivity (Wildman–Crippen MR) is 51.8 cm³/mol. The van der Waals surface area contributed by atoms with Crippen LogP contribution in [-0.4, -0.2) is 10.9 Å². The van der Waals surface area contributed by atoms with Crippen molar-refractivity contribution in [1.29, 1.82) is 0 Å². The van der Waals surface area contributed by atoms with Crippen molar-refractivity contribution in [3.05, 3.63) is 45.5 Å². The molecule has 0 heterocycles. The number of carbonyl (C=O) groups excluding carboxylic acids is 1. The summed E-state index contributed by atoms with van der Waals surface area (Å²) in [5, 5.41) is 20.7. The summed E-state index contributed by atoms with van der Waals surface area (Å²) >= 11 is 0. The molecule has 0 N–H and O–H groups in total. The molecule has 0 aliphatic rings. The average Bonchev–Trinajstić information content (AvgIpc) is 2.18. The molecule has 0 spiro atoms. The van der Waals surface area contributed by atoms with Gasteiger partial charge in [-0.1, -0.05) is 6.08 Å². The minimum atomic E-state index is -1.26. The van der Waals surface area contributed by atoms with Crippen LogP contribution in [0.1, 0.15) is 12.5 Å². The van der Waals surface area contributed by atoms with Crippen LogP contribution >= 0.6 is 0 Å². The number of non-ortho nitro benzene ring substituents is 1. The van der Waals surface area contributed by atoms with Gasteiger partial charge in [0, 0.05) is 12.1 Å². The van der Waals surface area contributed by atoms with Gasteiger partial charge in [0.2, 0.25) is 0 Å². The predicted octanol–water partition coefficient (Wildman–Crippen LogP) is -2.25. The number of hydrogen-bond donors (Lipinski definition) is 0. The van der Waals surface area contributed by atoms with Crippen LogP contribution in [0.2, 0.25) is 0 Å². The van der Waals surface area contributed by atoms with Crippen molar-refractivity contribution in [2.45, 2.75) is 6.92 Å². The van der Waals surface area contributed by atoms with Crippen LogP contribution in [0.15, 0.2) is 29.8 Å². The topological polar surface area (TPSA) is 83.3 Å². The summed E-state index contributed by atoms with van der Waals surface area (Å²) in [7, 11) is 0. The Morgan fingerprint density at radius 2 is 1.81 bits per heavy atom. The fraction of sp³-hybridized carbons (Fsp3) is 0.100. The number of benzene rings is 1. The number of carbonyl (C=O) groups is 1. The second-order valence-corrected chi connectivity index (χ2v) is 2.96. The normalized spacial score (nSPS) is 10.4. The molecule has 5 nitrogen and oxygen atoms in total. The summed E-state index contributed by atoms with van der Waals surface area (Å²) < 4.78 is 0. The molecule has 0 amide bonds. The van der Waals surface area contributed by atoms with Crippen molar-refractivity contribution < 1.29 is 44.4 Å². The summed E-state index contributed by atoms with van der Waals surface area (Å²) in [6.07, 6.45) is 1.39. The fourth-order valence-corrected chi connectivity index (χ4v) is 1.00. The Morgan fingerprint density at radius 3 is 2.19 bits per heavy atom. The average molecular weight is 229 g/mol. The van der Waals surface area contributed by atoms with Crippen LogP contribution in [0.5, 0.6) is 0 Å². The van der Waals surface area contributed by atoms with E-state index in [9.17, 15) is 20.0 Å². The van der Waals surface area contributed by atoms with E-state index < -0.39 is 10.9 Å². The van der Waals surface area contributed by atoms with Gasteiger partial charge in [-0.3, -0.25) is 10.1 Å². The Hall–Kier alpha value is -1.17. The summed E-state index contributed by atoms with van der Waals surface area (Å²) in [4.78, 5) is 20.2. The van der Waals surface area contributed by atoms with Crippen molar-refractivity contribution >= 4 is 17.7 Å². The van der Waals surface area contributed by atoms with Crippen molar-refractivity contribution in [1.82, 2.24) is 0 Å². The minimum Gasteiger partial charge on any atom is -0.545 e. The molecule has 6 heteroatoms. The van der Waals surface area contributed by atoms with Gasteiger partial charge in [-0.25, -0.2) is 0 Å². The van der Waals surface area contributed by atoms with E-state index in [-0.39, 0.29) is 40.8 Å². The van der Waals surface area contributed by atoms with Gasteiger partial charge in [-0.2, -0.15) is 0 Å². The van der Waals surface area contributed by atoms with Gasteiger partial charge < -0.3 is 9.90 Å². The Balaban J connectivity index is 0.00000225. The van der Waals surface area contributed by atoms with E-state index in [1.165, 1.54) is 37.3 Å². The Kier molecular flexibility index (Phi) is 5.95. The van der Waals surface area contributed by atoms with Crippen molar-refractivity contribution in [3.8, 4) is 0 Å². The third-order valence-corrected chi connectivity index (χ3v) is 1.81. The Labute approximate surface area is 114 Å². The van der Waals surface area contributed by atoms with Crippen LogP contribution in [0.25, 0.3) is 6.08 Å². The zero-order valence-corrected chi connectivity index (χ0v) is 11.0. The number of carboxylic acid groups (broad SMARTS) is 1. The second kappa shape index (κ2) is 6.42. The van der Waals surface area contributed by atoms with E-state index in [1.807, 2.05) is 0 Å². The quantitative estimate of drug-likeness (QED) is 0.254. The zero-order chi connectivity index (χ0) is 11.4. The van der Waals surface area contributed by atoms with E-state index in [0.717, 1.165) is 0 Å². The molecule has 78 valence electrons. The maximum absolute atomic E-state index is 10.4. The van der Waals surface area contributed by atoms with Gasteiger partial charge in [0.1, 0.15) is 0 Å². The first-order chi connectivity index (χ1) is 7.00. The molecular formula is C10H8NNaO4. The molecule has 16 heavy (non-hydrogen) atoms. The van der Waals surface area contributed by atoms with Crippen LogP contribution < -0.4 is 34.7 Å². The molecule has 0 saturated carbocycles. The molecule has 0 aromatic heterocycles. The number of rotatable bonds is 3. The maximum Gasteiger partial charge on any atom is 1.00 e. The number of hydrogen-bond acceptors (Lipinski definition) is 4. The summed E-state index contributed by atoms with van der Waals surface area (Å²) in [5.41, 5.74) is 0.629. The first kappa shape index (κ1) is 14.8. The van der Waals surface area contributed by atoms with Crippen LogP contribution in [-0.2, 0) is 4.79 Å². The van der Waals surface area contributed by atoms with E-state index in [1.54, 1.807) is 0 Å². The summed E-state index contributed by atoms with van der Waals surface area (Å²) in [6.45, 7) is 1.40. The van der Waals surface area contributed by atoms with Gasteiger partial charge in [0.25, 0.3) is 5.69 Å². The number of aliphatic carboxylic acids is 1. The van der Waals surface area contributed by atoms with Crippen molar-refractivity contribution in [2.24, 2.45) is 0 Å². The monoisotopic (exact) mass is 229 g/mol. The molecule has 1 aromatic carbocycles. The third kappa shape index (κ3) is 4.14. The van der Waals surface area contributed by atoms with E-state index in [2.05, 4.69) is 0 Å². The number of nitro groups is 1. The van der Waals surface area contributed by atoms with Crippen molar-refractivity contribution in [3.63, 3.8) is 0 Å². The SMILES string of the molecule is C/C(=C\c1ccc([N+](=O)[O-])cc1)C(=O)[O-].[Na+]. The van der Waals surface area contributed by atoms with Crippen LogP contribution in [0, 0.1) is 10.1 Å². The third-order valence-electron chi connectivity index (χ3n) is 1.81. The molecule has 1 rings (SSSR count). The van der Waals surface area contributed by atoms with E-state index in [0.29, 0.717) is 5.56 Å². The van der Waals surface area contributed by atoms with Gasteiger partial charge in [-0.05, 0) is 30.2 Å². The van der Waals surface area contributed by atoms with Crippen molar-refractivity contribution in [2.75, 3.05) is 0 Å². The number of nitro benzene ring substituents is 1. The largest absolute Gasteiger partial charge is 1.00 e. The minimum absolute atomic E-state index is 0. The smallest absolute Gasteiger partial charge is 0.545 e. The molecule has 0 radical (unpaired) electrons. The number of carboxylic acids is 1. The second-order valence-electron chi connectivity index (χ2n) is 2.96. The zero-order valence-electron chi connectivity index (χ0n) is 8.97. The maximum atomic E-state index is 10.4. The fourth-order valence-electron chi connectivity index (χ4n) is 1.00. The molecular weight excluding hydrogens is 221 g/mol. The van der Waals surface area contributed by atoms with Gasteiger partial charge >= 0.3 is 29.6 Å². The molecule has 0 fully saturated rings. The molecule has 0 atom stereocenters. The number of nitrogens with zero attached hydrogens (tertiary/aromatic N) is 1.